The lowest BCUT2D eigenvalue weighted by Crippen LogP contribution is -2.31. The molecule has 0 radical (unpaired) electrons. The number of benzene rings is 1. The van der Waals surface area contributed by atoms with Crippen molar-refractivity contribution in [2.75, 3.05) is 23.7 Å². The standard InChI is InChI=1S/C15H23N3S/c1-10(2)8-18(9-11(3)4)15-17-13-6-5-12(16)7-14(13)19-15/h5-7,10-11H,8-9,16H2,1-4H3. The molecule has 0 aliphatic rings. The summed E-state index contributed by atoms with van der Waals surface area (Å²) < 4.78 is 1.17. The van der Waals surface area contributed by atoms with Crippen LogP contribution in [0.25, 0.3) is 10.2 Å². The quantitative estimate of drug-likeness (QED) is 0.840. The third-order valence-electron chi connectivity index (χ3n) is 2.84. The van der Waals surface area contributed by atoms with Gasteiger partial charge in [-0.3, -0.25) is 0 Å². The fourth-order valence-electron chi connectivity index (χ4n) is 2.18. The van der Waals surface area contributed by atoms with Crippen molar-refractivity contribution in [3.05, 3.63) is 18.2 Å². The minimum atomic E-state index is 0.635. The first-order valence-electron chi connectivity index (χ1n) is 6.86. The van der Waals surface area contributed by atoms with Gasteiger partial charge in [-0.25, -0.2) is 4.98 Å². The predicted octanol–water partition coefficient (Wildman–Crippen LogP) is 4.00. The van der Waals surface area contributed by atoms with E-state index in [0.29, 0.717) is 11.8 Å². The Balaban J connectivity index is 2.32. The Morgan fingerprint density at radius 3 is 2.37 bits per heavy atom. The Morgan fingerprint density at radius 2 is 1.79 bits per heavy atom. The summed E-state index contributed by atoms with van der Waals surface area (Å²) in [6.07, 6.45) is 0. The van der Waals surface area contributed by atoms with Crippen LogP contribution in [0.3, 0.4) is 0 Å². The molecule has 0 aliphatic heterocycles. The van der Waals surface area contributed by atoms with Crippen molar-refractivity contribution >= 4 is 32.4 Å². The number of nitrogen functional groups attached to an aromatic ring is 1. The van der Waals surface area contributed by atoms with Crippen LogP contribution in [0.15, 0.2) is 18.2 Å². The second-order valence-corrected chi connectivity index (χ2v) is 6.93. The first-order chi connectivity index (χ1) is 8.95. The van der Waals surface area contributed by atoms with Gasteiger partial charge < -0.3 is 10.6 Å². The molecular weight excluding hydrogens is 254 g/mol. The van der Waals surface area contributed by atoms with Gasteiger partial charge >= 0.3 is 0 Å². The van der Waals surface area contributed by atoms with Crippen LogP contribution in [-0.4, -0.2) is 18.1 Å². The lowest BCUT2D eigenvalue weighted by molar-refractivity contribution is 0.552. The van der Waals surface area contributed by atoms with Gasteiger partial charge in [-0.05, 0) is 30.0 Å². The molecule has 1 heterocycles. The SMILES string of the molecule is CC(C)CN(CC(C)C)c1nc2ccc(N)cc2s1. The van der Waals surface area contributed by atoms with Crippen molar-refractivity contribution in [3.63, 3.8) is 0 Å². The average molecular weight is 277 g/mol. The summed E-state index contributed by atoms with van der Waals surface area (Å²) in [6.45, 7) is 11.1. The zero-order valence-corrected chi connectivity index (χ0v) is 13.0. The second kappa shape index (κ2) is 5.78. The topological polar surface area (TPSA) is 42.2 Å². The molecule has 0 spiro atoms. The number of hydrogen-bond acceptors (Lipinski definition) is 4. The lowest BCUT2D eigenvalue weighted by atomic mass is 10.1. The molecule has 1 aromatic carbocycles. The number of fused-ring (bicyclic) bond motifs is 1. The summed E-state index contributed by atoms with van der Waals surface area (Å²) in [5.74, 6) is 1.27. The summed E-state index contributed by atoms with van der Waals surface area (Å²) in [4.78, 5) is 7.15. The van der Waals surface area contributed by atoms with Crippen LogP contribution in [0.1, 0.15) is 27.7 Å². The highest BCUT2D eigenvalue weighted by molar-refractivity contribution is 7.22. The number of aromatic nitrogens is 1. The van der Waals surface area contributed by atoms with E-state index in [1.165, 1.54) is 4.70 Å². The maximum absolute atomic E-state index is 5.84. The van der Waals surface area contributed by atoms with Gasteiger partial charge in [0, 0.05) is 18.8 Å². The van der Waals surface area contributed by atoms with Crippen LogP contribution < -0.4 is 10.6 Å². The fourth-order valence-corrected chi connectivity index (χ4v) is 3.21. The van der Waals surface area contributed by atoms with E-state index in [1.54, 1.807) is 11.3 Å². The highest BCUT2D eigenvalue weighted by Crippen LogP contribution is 2.30. The van der Waals surface area contributed by atoms with Crippen molar-refractivity contribution in [3.8, 4) is 0 Å². The van der Waals surface area contributed by atoms with Crippen LogP contribution in [0.2, 0.25) is 0 Å². The average Bonchev–Trinajstić information content (AvgIpc) is 2.69. The predicted molar refractivity (Wildman–Crippen MR) is 85.9 cm³/mol. The first kappa shape index (κ1) is 14.1. The monoisotopic (exact) mass is 277 g/mol. The normalized spacial score (nSPS) is 11.7. The van der Waals surface area contributed by atoms with Gasteiger partial charge in [0.1, 0.15) is 0 Å². The van der Waals surface area contributed by atoms with E-state index in [0.717, 1.165) is 29.4 Å². The third-order valence-corrected chi connectivity index (χ3v) is 3.92. The number of rotatable bonds is 5. The zero-order valence-electron chi connectivity index (χ0n) is 12.2. The summed E-state index contributed by atoms with van der Waals surface area (Å²) in [6, 6.07) is 5.94. The smallest absolute Gasteiger partial charge is 0.186 e. The Morgan fingerprint density at radius 1 is 1.16 bits per heavy atom. The molecule has 2 aromatic rings. The third kappa shape index (κ3) is 3.60. The number of hydrogen-bond donors (Lipinski definition) is 1. The minimum absolute atomic E-state index is 0.635. The van der Waals surface area contributed by atoms with E-state index < -0.39 is 0 Å². The molecule has 0 saturated carbocycles. The number of anilines is 2. The van der Waals surface area contributed by atoms with E-state index in [2.05, 4.69) is 32.6 Å². The van der Waals surface area contributed by atoms with E-state index in [-0.39, 0.29) is 0 Å². The van der Waals surface area contributed by atoms with Crippen molar-refractivity contribution in [2.45, 2.75) is 27.7 Å². The van der Waals surface area contributed by atoms with Gasteiger partial charge in [0.15, 0.2) is 5.13 Å². The van der Waals surface area contributed by atoms with Crippen LogP contribution in [0.4, 0.5) is 10.8 Å². The lowest BCUT2D eigenvalue weighted by Gasteiger charge is -2.25. The molecule has 4 heteroatoms. The van der Waals surface area contributed by atoms with Gasteiger partial charge in [0.2, 0.25) is 0 Å². The largest absolute Gasteiger partial charge is 0.399 e. The van der Waals surface area contributed by atoms with Crippen molar-refractivity contribution in [1.82, 2.24) is 4.98 Å². The Hall–Kier alpha value is -1.29. The maximum atomic E-state index is 5.84. The molecule has 0 aliphatic carbocycles. The van der Waals surface area contributed by atoms with E-state index in [4.69, 9.17) is 10.7 Å². The number of thiazole rings is 1. The minimum Gasteiger partial charge on any atom is -0.399 e. The number of nitrogens with two attached hydrogens (primary N) is 1. The zero-order chi connectivity index (χ0) is 14.0. The molecule has 0 amide bonds. The molecule has 0 saturated heterocycles. The van der Waals surface area contributed by atoms with Crippen molar-refractivity contribution < 1.29 is 0 Å². The molecule has 0 unspecified atom stereocenters. The second-order valence-electron chi connectivity index (χ2n) is 5.92. The van der Waals surface area contributed by atoms with Gasteiger partial charge in [-0.2, -0.15) is 0 Å². The van der Waals surface area contributed by atoms with Gasteiger partial charge in [0.05, 0.1) is 10.2 Å². The van der Waals surface area contributed by atoms with E-state index >= 15 is 0 Å². The van der Waals surface area contributed by atoms with Gasteiger partial charge in [0.25, 0.3) is 0 Å². The first-order valence-corrected chi connectivity index (χ1v) is 7.68. The van der Waals surface area contributed by atoms with Gasteiger partial charge in [-0.1, -0.05) is 39.0 Å². The molecule has 19 heavy (non-hydrogen) atoms. The van der Waals surface area contributed by atoms with Gasteiger partial charge in [-0.15, -0.1) is 0 Å². The van der Waals surface area contributed by atoms with E-state index in [9.17, 15) is 0 Å². The molecule has 104 valence electrons. The summed E-state index contributed by atoms with van der Waals surface area (Å²) in [5.41, 5.74) is 7.69. The van der Waals surface area contributed by atoms with Crippen LogP contribution in [-0.2, 0) is 0 Å². The molecule has 0 fully saturated rings. The molecule has 2 N–H and O–H groups in total. The van der Waals surface area contributed by atoms with Crippen molar-refractivity contribution in [2.24, 2.45) is 11.8 Å². The highest BCUT2D eigenvalue weighted by Gasteiger charge is 2.15. The van der Waals surface area contributed by atoms with Crippen molar-refractivity contribution in [1.29, 1.82) is 0 Å². The Bertz CT molecular complexity index is 535. The molecule has 1 aromatic heterocycles. The highest BCUT2D eigenvalue weighted by atomic mass is 32.1. The Kier molecular flexibility index (Phi) is 4.30. The molecule has 3 nitrogen and oxygen atoms in total. The molecular formula is C15H23N3S. The van der Waals surface area contributed by atoms with Crippen LogP contribution >= 0.6 is 11.3 Å². The summed E-state index contributed by atoms with van der Waals surface area (Å²) in [5, 5.41) is 1.11. The molecule has 0 atom stereocenters. The fraction of sp³-hybridized carbons (Fsp3) is 0.533. The Labute approximate surface area is 119 Å². The number of nitrogens with zero attached hydrogens (tertiary/aromatic N) is 2. The summed E-state index contributed by atoms with van der Waals surface area (Å²) >= 11 is 1.74. The summed E-state index contributed by atoms with van der Waals surface area (Å²) in [7, 11) is 0. The molecule has 2 rings (SSSR count). The molecule has 0 bridgehead atoms. The van der Waals surface area contributed by atoms with E-state index in [1.807, 2.05) is 18.2 Å². The van der Waals surface area contributed by atoms with Crippen LogP contribution in [0.5, 0.6) is 0 Å². The van der Waals surface area contributed by atoms with Crippen LogP contribution in [0, 0.1) is 11.8 Å². The maximum Gasteiger partial charge on any atom is 0.186 e.